The van der Waals surface area contributed by atoms with Crippen molar-refractivity contribution in [3.05, 3.63) is 23.4 Å². The maximum atomic E-state index is 11.3. The summed E-state index contributed by atoms with van der Waals surface area (Å²) in [5.74, 6) is -0.225. The highest BCUT2D eigenvalue weighted by molar-refractivity contribution is 6.31. The summed E-state index contributed by atoms with van der Waals surface area (Å²) in [4.78, 5) is 15.2. The van der Waals surface area contributed by atoms with Gasteiger partial charge in [-0.05, 0) is 24.6 Å². The van der Waals surface area contributed by atoms with E-state index in [0.717, 1.165) is 0 Å². The van der Waals surface area contributed by atoms with E-state index in [1.165, 1.54) is 6.26 Å². The van der Waals surface area contributed by atoms with Crippen molar-refractivity contribution < 1.29 is 13.9 Å². The fraction of sp³-hybridized carbons (Fsp3) is 0.222. The average molecular weight is 242 g/mol. The highest BCUT2D eigenvalue weighted by Crippen LogP contribution is 2.25. The summed E-state index contributed by atoms with van der Waals surface area (Å²) < 4.78 is 9.65. The Bertz CT molecular complexity index is 506. The predicted molar refractivity (Wildman–Crippen MR) is 55.1 cm³/mol. The van der Waals surface area contributed by atoms with Gasteiger partial charge in [0.15, 0.2) is 5.82 Å². The minimum absolute atomic E-state index is 0.0362. The fourth-order valence-electron chi connectivity index (χ4n) is 1.13. The van der Waals surface area contributed by atoms with Gasteiger partial charge in [0.1, 0.15) is 0 Å². The Morgan fingerprint density at radius 3 is 3.12 bits per heavy atom. The lowest BCUT2D eigenvalue weighted by Crippen LogP contribution is -2.06. The average Bonchev–Trinajstić information content (AvgIpc) is 2.86. The van der Waals surface area contributed by atoms with Gasteiger partial charge in [-0.2, -0.15) is 5.10 Å². The van der Waals surface area contributed by atoms with Gasteiger partial charge in [0.2, 0.25) is 11.0 Å². The normalized spacial score (nSPS) is 10.4. The van der Waals surface area contributed by atoms with Crippen LogP contribution >= 0.6 is 11.6 Å². The lowest BCUT2D eigenvalue weighted by molar-refractivity contribution is 0.0512. The summed E-state index contributed by atoms with van der Waals surface area (Å²) in [6.07, 6.45) is 1.41. The quantitative estimate of drug-likeness (QED) is 0.830. The van der Waals surface area contributed by atoms with Crippen molar-refractivity contribution in [3.63, 3.8) is 0 Å². The summed E-state index contributed by atoms with van der Waals surface area (Å²) in [6.45, 7) is 1.99. The monoisotopic (exact) mass is 241 g/mol. The van der Waals surface area contributed by atoms with Crippen molar-refractivity contribution in [3.8, 4) is 11.4 Å². The van der Waals surface area contributed by atoms with Gasteiger partial charge in [0.25, 0.3) is 0 Å². The summed E-state index contributed by atoms with van der Waals surface area (Å²) in [5.41, 5.74) is 0.522. The standard InChI is InChI=1S/C9H8ClN3O3/c1-2-15-9(14)8-11-7(12-13-8)5-3-4-16-6(5)10/h3-4H,2H2,1H3,(H,11,12,13). The number of halogens is 1. The molecule has 0 saturated carbocycles. The lowest BCUT2D eigenvalue weighted by atomic mass is 10.3. The summed E-state index contributed by atoms with van der Waals surface area (Å²) in [7, 11) is 0. The van der Waals surface area contributed by atoms with Crippen molar-refractivity contribution >= 4 is 17.6 Å². The SMILES string of the molecule is CCOC(=O)c1nc(-c2ccoc2Cl)n[nH]1. The number of esters is 1. The lowest BCUT2D eigenvalue weighted by Gasteiger charge is -1.94. The van der Waals surface area contributed by atoms with Gasteiger partial charge in [-0.1, -0.05) is 0 Å². The van der Waals surface area contributed by atoms with Gasteiger partial charge < -0.3 is 9.15 Å². The molecule has 2 aromatic rings. The van der Waals surface area contributed by atoms with Crippen LogP contribution in [0, 0.1) is 0 Å². The molecular weight excluding hydrogens is 234 g/mol. The van der Waals surface area contributed by atoms with Crippen LogP contribution < -0.4 is 0 Å². The summed E-state index contributed by atoms with van der Waals surface area (Å²) in [5, 5.41) is 6.49. The predicted octanol–water partition coefficient (Wildman–Crippen LogP) is 1.89. The molecule has 84 valence electrons. The zero-order valence-electron chi connectivity index (χ0n) is 8.36. The zero-order valence-corrected chi connectivity index (χ0v) is 9.11. The molecule has 16 heavy (non-hydrogen) atoms. The number of furan rings is 1. The smallest absolute Gasteiger partial charge is 0.375 e. The van der Waals surface area contributed by atoms with E-state index < -0.39 is 5.97 Å². The highest BCUT2D eigenvalue weighted by Gasteiger charge is 2.16. The number of rotatable bonds is 3. The van der Waals surface area contributed by atoms with Crippen LogP contribution in [0.15, 0.2) is 16.7 Å². The summed E-state index contributed by atoms with van der Waals surface area (Å²) >= 11 is 5.75. The first-order chi connectivity index (χ1) is 7.72. The number of ether oxygens (including phenoxy) is 1. The first kappa shape index (κ1) is 10.7. The van der Waals surface area contributed by atoms with E-state index in [0.29, 0.717) is 11.4 Å². The molecule has 2 rings (SSSR count). The van der Waals surface area contributed by atoms with Crippen LogP contribution in [0.4, 0.5) is 0 Å². The third kappa shape index (κ3) is 1.92. The number of H-pyrrole nitrogens is 1. The van der Waals surface area contributed by atoms with Crippen LogP contribution in [0.3, 0.4) is 0 Å². The van der Waals surface area contributed by atoms with Crippen LogP contribution in [0.2, 0.25) is 5.22 Å². The number of hydrogen-bond donors (Lipinski definition) is 1. The number of aromatic nitrogens is 3. The number of aromatic amines is 1. The molecular formula is C9H8ClN3O3. The number of hydrogen-bond acceptors (Lipinski definition) is 5. The molecule has 0 aliphatic carbocycles. The van der Waals surface area contributed by atoms with Crippen LogP contribution in [0.25, 0.3) is 11.4 Å². The van der Waals surface area contributed by atoms with Gasteiger partial charge in [0.05, 0.1) is 18.4 Å². The first-order valence-electron chi connectivity index (χ1n) is 4.55. The van der Waals surface area contributed by atoms with Gasteiger partial charge >= 0.3 is 5.97 Å². The van der Waals surface area contributed by atoms with Crippen molar-refractivity contribution in [2.24, 2.45) is 0 Å². The Morgan fingerprint density at radius 2 is 2.50 bits per heavy atom. The van der Waals surface area contributed by atoms with E-state index in [4.69, 9.17) is 20.8 Å². The molecule has 0 saturated heterocycles. The van der Waals surface area contributed by atoms with Crippen molar-refractivity contribution in [2.45, 2.75) is 6.92 Å². The van der Waals surface area contributed by atoms with E-state index in [1.54, 1.807) is 13.0 Å². The van der Waals surface area contributed by atoms with Crippen molar-refractivity contribution in [2.75, 3.05) is 6.61 Å². The van der Waals surface area contributed by atoms with E-state index >= 15 is 0 Å². The van der Waals surface area contributed by atoms with Crippen LogP contribution in [0.5, 0.6) is 0 Å². The first-order valence-corrected chi connectivity index (χ1v) is 4.93. The van der Waals surface area contributed by atoms with Gasteiger partial charge in [-0.15, -0.1) is 0 Å². The topological polar surface area (TPSA) is 81.0 Å². The van der Waals surface area contributed by atoms with Crippen LogP contribution in [-0.2, 0) is 4.74 Å². The molecule has 0 bridgehead atoms. The molecule has 2 heterocycles. The van der Waals surface area contributed by atoms with Crippen molar-refractivity contribution in [1.82, 2.24) is 15.2 Å². The molecule has 0 fully saturated rings. The second-order valence-electron chi connectivity index (χ2n) is 2.84. The molecule has 0 unspecified atom stereocenters. The Labute approximate surface area is 95.6 Å². The second kappa shape index (κ2) is 4.36. The van der Waals surface area contributed by atoms with E-state index in [-0.39, 0.29) is 17.7 Å². The largest absolute Gasteiger partial charge is 0.460 e. The van der Waals surface area contributed by atoms with E-state index in [2.05, 4.69) is 15.2 Å². The number of nitrogens with zero attached hydrogens (tertiary/aromatic N) is 2. The van der Waals surface area contributed by atoms with Crippen molar-refractivity contribution in [1.29, 1.82) is 0 Å². The third-order valence-electron chi connectivity index (χ3n) is 1.81. The number of carbonyl (C=O) groups excluding carboxylic acids is 1. The summed E-state index contributed by atoms with van der Waals surface area (Å²) in [6, 6.07) is 1.61. The molecule has 0 amide bonds. The van der Waals surface area contributed by atoms with E-state index in [1.807, 2.05) is 0 Å². The Balaban J connectivity index is 2.26. The number of nitrogens with one attached hydrogen (secondary N) is 1. The molecule has 0 aliphatic rings. The molecule has 2 aromatic heterocycles. The second-order valence-corrected chi connectivity index (χ2v) is 3.18. The van der Waals surface area contributed by atoms with Crippen LogP contribution in [0.1, 0.15) is 17.5 Å². The molecule has 0 aliphatic heterocycles. The molecule has 0 spiro atoms. The molecule has 1 N–H and O–H groups in total. The highest BCUT2D eigenvalue weighted by atomic mass is 35.5. The maximum absolute atomic E-state index is 11.3. The molecule has 6 nitrogen and oxygen atoms in total. The number of carbonyl (C=O) groups is 1. The van der Waals surface area contributed by atoms with Gasteiger partial charge in [0, 0.05) is 0 Å². The maximum Gasteiger partial charge on any atom is 0.375 e. The van der Waals surface area contributed by atoms with Gasteiger partial charge in [-0.3, -0.25) is 5.10 Å². The fourth-order valence-corrected chi connectivity index (χ4v) is 1.33. The Morgan fingerprint density at radius 1 is 1.69 bits per heavy atom. The zero-order chi connectivity index (χ0) is 11.5. The van der Waals surface area contributed by atoms with Gasteiger partial charge in [-0.25, -0.2) is 9.78 Å². The molecule has 0 radical (unpaired) electrons. The molecule has 0 aromatic carbocycles. The third-order valence-corrected chi connectivity index (χ3v) is 2.11. The molecule has 7 heteroatoms. The molecule has 0 atom stereocenters. The minimum Gasteiger partial charge on any atom is -0.460 e. The minimum atomic E-state index is -0.555. The van der Waals surface area contributed by atoms with Crippen LogP contribution in [-0.4, -0.2) is 27.8 Å². The Hall–Kier alpha value is -1.82. The van der Waals surface area contributed by atoms with E-state index in [9.17, 15) is 4.79 Å². The Kier molecular flexibility index (Phi) is 2.91.